The van der Waals surface area contributed by atoms with Crippen molar-refractivity contribution >= 4 is 5.97 Å². The van der Waals surface area contributed by atoms with Gasteiger partial charge in [-0.15, -0.1) is 0 Å². The van der Waals surface area contributed by atoms with Crippen LogP contribution in [0.3, 0.4) is 0 Å². The molecule has 40 heavy (non-hydrogen) atoms. The maximum absolute atomic E-state index is 12.0. The fourth-order valence-electron chi connectivity index (χ4n) is 5.24. The Hall–Kier alpha value is -1.31. The number of unbranched alkanes of at least 4 members (excludes halogenated alkanes) is 8. The van der Waals surface area contributed by atoms with Crippen LogP contribution in [0.2, 0.25) is 0 Å². The van der Waals surface area contributed by atoms with Gasteiger partial charge in [-0.3, -0.25) is 4.79 Å². The van der Waals surface area contributed by atoms with Crippen molar-refractivity contribution in [2.24, 2.45) is 17.8 Å². The summed E-state index contributed by atoms with van der Waals surface area (Å²) in [5, 5.41) is 0. The molecule has 0 saturated heterocycles. The van der Waals surface area contributed by atoms with Crippen molar-refractivity contribution in [2.45, 2.75) is 176 Å². The van der Waals surface area contributed by atoms with Crippen LogP contribution < -0.4 is 0 Å². The van der Waals surface area contributed by atoms with E-state index in [9.17, 15) is 4.79 Å². The van der Waals surface area contributed by atoms with Crippen molar-refractivity contribution in [3.8, 4) is 0 Å². The van der Waals surface area contributed by atoms with Gasteiger partial charge in [0.15, 0.2) is 0 Å². The summed E-state index contributed by atoms with van der Waals surface area (Å²) in [6.07, 6.45) is 37.1. The zero-order valence-corrected chi connectivity index (χ0v) is 28.0. The highest BCUT2D eigenvalue weighted by Gasteiger charge is 2.07. The number of allylic oxidation sites excluding steroid dienone is 5. The Bertz CT molecular complexity index is 642. The number of ether oxygens (including phenoxy) is 1. The van der Waals surface area contributed by atoms with Gasteiger partial charge in [0, 0.05) is 6.42 Å². The third-order valence-corrected chi connectivity index (χ3v) is 8.15. The van der Waals surface area contributed by atoms with Crippen LogP contribution in [0.4, 0.5) is 0 Å². The minimum Gasteiger partial charge on any atom is -0.461 e. The molecule has 0 amide bonds. The van der Waals surface area contributed by atoms with Crippen molar-refractivity contribution in [3.63, 3.8) is 0 Å². The number of esters is 1. The first-order valence-electron chi connectivity index (χ1n) is 17.5. The van der Waals surface area contributed by atoms with Crippen LogP contribution in [0, 0.1) is 17.8 Å². The van der Waals surface area contributed by atoms with Gasteiger partial charge < -0.3 is 4.74 Å². The summed E-state index contributed by atoms with van der Waals surface area (Å²) in [6.45, 7) is 14.4. The van der Waals surface area contributed by atoms with E-state index in [1.54, 1.807) is 0 Å². The average molecular weight is 559 g/mol. The lowest BCUT2D eigenvalue weighted by molar-refractivity contribution is -0.142. The zero-order valence-electron chi connectivity index (χ0n) is 28.0. The van der Waals surface area contributed by atoms with Crippen LogP contribution >= 0.6 is 0 Å². The van der Waals surface area contributed by atoms with Gasteiger partial charge in [-0.2, -0.15) is 0 Å². The zero-order chi connectivity index (χ0) is 29.7. The monoisotopic (exact) mass is 559 g/mol. The fraction of sp³-hybridized carbons (Fsp3) is 0.816. The highest BCUT2D eigenvalue weighted by atomic mass is 16.5. The first-order chi connectivity index (χ1) is 19.3. The molecule has 2 heteroatoms. The highest BCUT2D eigenvalue weighted by molar-refractivity contribution is 5.69. The van der Waals surface area contributed by atoms with Gasteiger partial charge in [0.1, 0.15) is 6.61 Å². The lowest BCUT2D eigenvalue weighted by Gasteiger charge is -2.15. The van der Waals surface area contributed by atoms with E-state index < -0.39 is 0 Å². The third-order valence-electron chi connectivity index (χ3n) is 8.15. The third kappa shape index (κ3) is 29.7. The van der Waals surface area contributed by atoms with Gasteiger partial charge in [0.05, 0.1) is 0 Å². The Morgan fingerprint density at radius 1 is 0.625 bits per heavy atom. The molecular formula is C38H70O2. The maximum Gasteiger partial charge on any atom is 0.306 e. The van der Waals surface area contributed by atoms with E-state index in [4.69, 9.17) is 4.74 Å². The Balaban J connectivity index is 3.61. The Labute approximate surface area is 251 Å². The van der Waals surface area contributed by atoms with E-state index in [1.165, 1.54) is 108 Å². The summed E-state index contributed by atoms with van der Waals surface area (Å²) in [7, 11) is 0. The van der Waals surface area contributed by atoms with E-state index in [-0.39, 0.29) is 5.97 Å². The Morgan fingerprint density at radius 2 is 1.18 bits per heavy atom. The molecular weight excluding hydrogens is 488 g/mol. The average Bonchev–Trinajstić information content (AvgIpc) is 2.90. The molecule has 0 unspecified atom stereocenters. The summed E-state index contributed by atoms with van der Waals surface area (Å²) in [6, 6.07) is 0. The second kappa shape index (κ2) is 29.2. The molecule has 0 aromatic rings. The molecule has 234 valence electrons. The number of hydrogen-bond acceptors (Lipinski definition) is 2. The summed E-state index contributed by atoms with van der Waals surface area (Å²) in [4.78, 5) is 12.0. The quantitative estimate of drug-likeness (QED) is 0.0542. The second-order valence-electron chi connectivity index (χ2n) is 13.1. The Morgan fingerprint density at radius 3 is 1.80 bits per heavy atom. The van der Waals surface area contributed by atoms with Gasteiger partial charge in [-0.1, -0.05) is 142 Å². The van der Waals surface area contributed by atoms with Gasteiger partial charge in [0.2, 0.25) is 0 Å². The first kappa shape index (κ1) is 38.7. The molecule has 0 fully saturated rings. The van der Waals surface area contributed by atoms with Crippen LogP contribution in [0.1, 0.15) is 176 Å². The molecule has 0 spiro atoms. The minimum atomic E-state index is -0.0400. The molecule has 0 aliphatic heterocycles. The normalized spacial score (nSPS) is 14.0. The first-order valence-corrected chi connectivity index (χ1v) is 17.5. The van der Waals surface area contributed by atoms with Crippen molar-refractivity contribution in [3.05, 3.63) is 36.0 Å². The van der Waals surface area contributed by atoms with Crippen LogP contribution in [0.25, 0.3) is 0 Å². The van der Waals surface area contributed by atoms with Gasteiger partial charge in [-0.25, -0.2) is 0 Å². The standard InChI is InChI=1S/C38H70O2/c1-7-8-9-10-11-12-13-14-15-16-17-18-19-20-21-31-38(39)40-33-32-37(6)30-24-29-36(5)28-23-27-35(4)26-22-25-34(2)3/h11-12,14-15,32,34-36H,7-10,13,16-31,33H2,1-6H3/b12-11-,15-14+,37-32-/t35-,36-/m1/s1. The molecule has 0 rings (SSSR count). The van der Waals surface area contributed by atoms with Gasteiger partial charge >= 0.3 is 5.97 Å². The van der Waals surface area contributed by atoms with Crippen molar-refractivity contribution < 1.29 is 9.53 Å². The summed E-state index contributed by atoms with van der Waals surface area (Å²) in [5.41, 5.74) is 1.36. The Kier molecular flexibility index (Phi) is 28.2. The molecule has 0 N–H and O–H groups in total. The molecule has 0 aromatic heterocycles. The topological polar surface area (TPSA) is 26.3 Å². The summed E-state index contributed by atoms with van der Waals surface area (Å²) >= 11 is 0. The largest absolute Gasteiger partial charge is 0.461 e. The minimum absolute atomic E-state index is 0.0400. The summed E-state index contributed by atoms with van der Waals surface area (Å²) < 4.78 is 5.45. The number of carbonyl (C=O) groups is 1. The molecule has 2 atom stereocenters. The SMILES string of the molecule is CCCCC/C=C\C/C=C/CCCCCCCC(=O)OC/C=C(/C)CCC[C@H](C)CCC[C@H](C)CCCC(C)C. The fourth-order valence-corrected chi connectivity index (χ4v) is 5.24. The number of carbonyl (C=O) groups excluding carboxylic acids is 1. The second-order valence-corrected chi connectivity index (χ2v) is 13.1. The molecule has 0 radical (unpaired) electrons. The maximum atomic E-state index is 12.0. The highest BCUT2D eigenvalue weighted by Crippen LogP contribution is 2.22. The molecule has 0 aromatic carbocycles. The van der Waals surface area contributed by atoms with E-state index >= 15 is 0 Å². The predicted molar refractivity (Wildman–Crippen MR) is 179 cm³/mol. The summed E-state index contributed by atoms with van der Waals surface area (Å²) in [5.74, 6) is 2.51. The molecule has 0 aliphatic rings. The predicted octanol–water partition coefficient (Wildman–Crippen LogP) is 12.7. The van der Waals surface area contributed by atoms with Gasteiger partial charge in [-0.05, 0) is 82.1 Å². The molecule has 0 bridgehead atoms. The van der Waals surface area contributed by atoms with Crippen LogP contribution in [0.5, 0.6) is 0 Å². The number of rotatable bonds is 28. The van der Waals surface area contributed by atoms with Crippen molar-refractivity contribution in [1.29, 1.82) is 0 Å². The molecule has 0 aliphatic carbocycles. The van der Waals surface area contributed by atoms with E-state index in [1.807, 2.05) is 0 Å². The van der Waals surface area contributed by atoms with Crippen molar-refractivity contribution in [1.82, 2.24) is 0 Å². The number of hydrogen-bond donors (Lipinski definition) is 0. The van der Waals surface area contributed by atoms with Gasteiger partial charge in [0.25, 0.3) is 0 Å². The molecule has 2 nitrogen and oxygen atoms in total. The van der Waals surface area contributed by atoms with E-state index in [0.29, 0.717) is 13.0 Å². The van der Waals surface area contributed by atoms with Crippen LogP contribution in [-0.2, 0) is 9.53 Å². The molecule has 0 heterocycles. The lowest BCUT2D eigenvalue weighted by Crippen LogP contribution is -2.04. The van der Waals surface area contributed by atoms with Crippen LogP contribution in [-0.4, -0.2) is 12.6 Å². The smallest absolute Gasteiger partial charge is 0.306 e. The molecule has 0 saturated carbocycles. The van der Waals surface area contributed by atoms with Crippen LogP contribution in [0.15, 0.2) is 36.0 Å². The van der Waals surface area contributed by atoms with E-state index in [0.717, 1.165) is 43.4 Å². The lowest BCUT2D eigenvalue weighted by atomic mass is 9.91. The van der Waals surface area contributed by atoms with Crippen molar-refractivity contribution in [2.75, 3.05) is 6.61 Å². The van der Waals surface area contributed by atoms with E-state index in [2.05, 4.69) is 71.9 Å².